The van der Waals surface area contributed by atoms with E-state index >= 15 is 0 Å². The largest absolute Gasteiger partial charge is 0.458 e. The number of hydrogen-bond acceptors (Lipinski definition) is 5. The fourth-order valence-electron chi connectivity index (χ4n) is 5.94. The Morgan fingerprint density at radius 3 is 2.76 bits per heavy atom. The van der Waals surface area contributed by atoms with E-state index in [1.54, 1.807) is 0 Å². The van der Waals surface area contributed by atoms with Gasteiger partial charge in [0, 0.05) is 19.1 Å². The van der Waals surface area contributed by atoms with Crippen LogP contribution in [0, 0.1) is 5.92 Å². The maximum atomic E-state index is 12.8. The number of hydrogen-bond donors (Lipinski definition) is 1. The molecular formula is C22H32N4O3. The van der Waals surface area contributed by atoms with Gasteiger partial charge in [0.05, 0.1) is 36.8 Å². The summed E-state index contributed by atoms with van der Waals surface area (Å²) in [5.74, 6) is -0.642. The first kappa shape index (κ1) is 19.1. The third-order valence-corrected chi connectivity index (χ3v) is 7.50. The Kier molecular flexibility index (Phi) is 5.10. The molecule has 1 aromatic rings. The van der Waals surface area contributed by atoms with Crippen molar-refractivity contribution in [1.29, 1.82) is 0 Å². The number of aromatic nitrogens is 2. The number of ether oxygens (including phenoxy) is 1. The van der Waals surface area contributed by atoms with Gasteiger partial charge in [-0.05, 0) is 44.6 Å². The standard InChI is InChI=1S/C22H32N4O3/c27-20-13-19(22(29-20)8-4-5-9-22)21(28)23-14-16-12-18-15-25(10-11-26(18)24-16)17-6-2-1-3-7-17/h12,17,19H,1-11,13-15H2,(H,23,28)/t19-/m1/s1. The number of carbonyl (C=O) groups is 2. The summed E-state index contributed by atoms with van der Waals surface area (Å²) < 4.78 is 7.70. The van der Waals surface area contributed by atoms with Gasteiger partial charge in [0.2, 0.25) is 5.91 Å². The zero-order chi connectivity index (χ0) is 19.8. The van der Waals surface area contributed by atoms with E-state index in [1.807, 2.05) is 0 Å². The smallest absolute Gasteiger partial charge is 0.307 e. The number of nitrogens with zero attached hydrogens (tertiary/aromatic N) is 3. The van der Waals surface area contributed by atoms with Crippen LogP contribution in [0.25, 0.3) is 0 Å². The third kappa shape index (κ3) is 3.69. The minimum absolute atomic E-state index is 0.0624. The zero-order valence-electron chi connectivity index (χ0n) is 17.2. The predicted molar refractivity (Wildman–Crippen MR) is 107 cm³/mol. The quantitative estimate of drug-likeness (QED) is 0.786. The summed E-state index contributed by atoms with van der Waals surface area (Å²) in [5.41, 5.74) is 1.61. The number of rotatable bonds is 4. The second-order valence-electron chi connectivity index (χ2n) is 9.33. The van der Waals surface area contributed by atoms with Crippen LogP contribution in [-0.4, -0.2) is 44.7 Å². The second-order valence-corrected chi connectivity index (χ2v) is 9.33. The molecule has 5 rings (SSSR count). The van der Waals surface area contributed by atoms with Crippen LogP contribution in [0.3, 0.4) is 0 Å². The topological polar surface area (TPSA) is 76.5 Å². The zero-order valence-corrected chi connectivity index (χ0v) is 17.2. The summed E-state index contributed by atoms with van der Waals surface area (Å²) in [6, 6.07) is 2.86. The first-order valence-electron chi connectivity index (χ1n) is 11.4. The molecule has 0 aromatic carbocycles. The third-order valence-electron chi connectivity index (χ3n) is 7.50. The molecule has 2 aliphatic heterocycles. The van der Waals surface area contributed by atoms with Crippen LogP contribution in [-0.2, 0) is 34.0 Å². The Balaban J connectivity index is 1.20. The van der Waals surface area contributed by atoms with Crippen molar-refractivity contribution in [2.24, 2.45) is 5.92 Å². The number of esters is 1. The molecular weight excluding hydrogens is 368 g/mol. The number of amides is 1. The van der Waals surface area contributed by atoms with Crippen LogP contribution >= 0.6 is 0 Å². The summed E-state index contributed by atoms with van der Waals surface area (Å²) >= 11 is 0. The van der Waals surface area contributed by atoms with E-state index in [0.717, 1.165) is 57.1 Å². The lowest BCUT2D eigenvalue weighted by atomic mass is 9.85. The van der Waals surface area contributed by atoms with Crippen molar-refractivity contribution < 1.29 is 14.3 Å². The monoisotopic (exact) mass is 400 g/mol. The van der Waals surface area contributed by atoms with Gasteiger partial charge in [-0.3, -0.25) is 19.2 Å². The molecule has 0 unspecified atom stereocenters. The highest BCUT2D eigenvalue weighted by Gasteiger charge is 2.53. The van der Waals surface area contributed by atoms with Gasteiger partial charge >= 0.3 is 5.97 Å². The number of nitrogens with one attached hydrogen (secondary N) is 1. The highest BCUT2D eigenvalue weighted by Crippen LogP contribution is 2.45. The van der Waals surface area contributed by atoms with E-state index < -0.39 is 5.60 Å². The molecule has 0 radical (unpaired) electrons. The Morgan fingerprint density at radius 2 is 1.97 bits per heavy atom. The van der Waals surface area contributed by atoms with Crippen LogP contribution < -0.4 is 5.32 Å². The van der Waals surface area contributed by atoms with Crippen LogP contribution in [0.4, 0.5) is 0 Å². The minimum atomic E-state index is -0.547. The summed E-state index contributed by atoms with van der Waals surface area (Å²) in [6.07, 6.45) is 10.6. The fraction of sp³-hybridized carbons (Fsp3) is 0.773. The van der Waals surface area contributed by atoms with E-state index in [9.17, 15) is 9.59 Å². The molecule has 29 heavy (non-hydrogen) atoms. The maximum Gasteiger partial charge on any atom is 0.307 e. The Labute approximate surface area is 172 Å². The average molecular weight is 401 g/mol. The fourth-order valence-corrected chi connectivity index (χ4v) is 5.94. The molecule has 3 fully saturated rings. The van der Waals surface area contributed by atoms with Crippen LogP contribution in [0.15, 0.2) is 6.07 Å². The van der Waals surface area contributed by atoms with Crippen molar-refractivity contribution in [1.82, 2.24) is 20.0 Å². The normalized spacial score (nSPS) is 27.2. The predicted octanol–water partition coefficient (Wildman–Crippen LogP) is 2.52. The Morgan fingerprint density at radius 1 is 1.17 bits per heavy atom. The van der Waals surface area contributed by atoms with Crippen molar-refractivity contribution in [3.63, 3.8) is 0 Å². The van der Waals surface area contributed by atoms with E-state index in [-0.39, 0.29) is 24.2 Å². The molecule has 7 nitrogen and oxygen atoms in total. The van der Waals surface area contributed by atoms with Crippen molar-refractivity contribution in [2.75, 3.05) is 6.54 Å². The summed E-state index contributed by atoms with van der Waals surface area (Å²) in [6.45, 7) is 3.37. The molecule has 3 heterocycles. The second kappa shape index (κ2) is 7.74. The van der Waals surface area contributed by atoms with E-state index in [4.69, 9.17) is 9.84 Å². The summed E-state index contributed by atoms with van der Waals surface area (Å²) in [7, 11) is 0. The molecule has 158 valence electrons. The lowest BCUT2D eigenvalue weighted by molar-refractivity contribution is -0.150. The van der Waals surface area contributed by atoms with Crippen LogP contribution in [0.1, 0.15) is 75.6 Å². The molecule has 2 aliphatic carbocycles. The molecule has 1 amide bonds. The van der Waals surface area contributed by atoms with Crippen LogP contribution in [0.5, 0.6) is 0 Å². The van der Waals surface area contributed by atoms with Crippen molar-refractivity contribution in [3.8, 4) is 0 Å². The van der Waals surface area contributed by atoms with Crippen LogP contribution in [0.2, 0.25) is 0 Å². The van der Waals surface area contributed by atoms with Gasteiger partial charge in [0.15, 0.2) is 0 Å². The van der Waals surface area contributed by atoms with E-state index in [0.29, 0.717) is 6.54 Å². The molecule has 1 saturated heterocycles. The molecule has 2 saturated carbocycles. The summed E-state index contributed by atoms with van der Waals surface area (Å²) in [5, 5.41) is 7.75. The first-order valence-corrected chi connectivity index (χ1v) is 11.4. The van der Waals surface area contributed by atoms with E-state index in [2.05, 4.69) is 21.0 Å². The Bertz CT molecular complexity index is 777. The molecule has 4 aliphatic rings. The first-order chi connectivity index (χ1) is 14.1. The van der Waals surface area contributed by atoms with Crippen molar-refractivity contribution in [3.05, 3.63) is 17.5 Å². The number of fused-ring (bicyclic) bond motifs is 1. The lowest BCUT2D eigenvalue weighted by Gasteiger charge is -2.36. The van der Waals surface area contributed by atoms with Gasteiger partial charge < -0.3 is 10.1 Å². The van der Waals surface area contributed by atoms with Gasteiger partial charge in [-0.25, -0.2) is 0 Å². The van der Waals surface area contributed by atoms with Gasteiger partial charge in [0.25, 0.3) is 0 Å². The molecule has 1 aromatic heterocycles. The molecule has 0 bridgehead atoms. The molecule has 1 atom stereocenters. The molecule has 1 N–H and O–H groups in total. The highest BCUT2D eigenvalue weighted by molar-refractivity contribution is 5.87. The molecule has 1 spiro atoms. The van der Waals surface area contributed by atoms with Gasteiger partial charge in [-0.1, -0.05) is 19.3 Å². The van der Waals surface area contributed by atoms with Gasteiger partial charge in [-0.15, -0.1) is 0 Å². The van der Waals surface area contributed by atoms with E-state index in [1.165, 1.54) is 37.8 Å². The minimum Gasteiger partial charge on any atom is -0.458 e. The summed E-state index contributed by atoms with van der Waals surface area (Å²) in [4.78, 5) is 27.3. The maximum absolute atomic E-state index is 12.8. The highest BCUT2D eigenvalue weighted by atomic mass is 16.6. The SMILES string of the molecule is O=C1C[C@H](C(=O)NCc2cc3n(n2)CCN(C2CCCCC2)C3)C2(CCCC2)O1. The van der Waals surface area contributed by atoms with Gasteiger partial charge in [-0.2, -0.15) is 5.10 Å². The van der Waals surface area contributed by atoms with Crippen molar-refractivity contribution >= 4 is 11.9 Å². The lowest BCUT2D eigenvalue weighted by Crippen LogP contribution is -2.42. The van der Waals surface area contributed by atoms with Gasteiger partial charge in [0.1, 0.15) is 5.60 Å². The number of carbonyl (C=O) groups excluding carboxylic acids is 2. The molecule has 7 heteroatoms. The average Bonchev–Trinajstić information content (AvgIpc) is 3.45. The Hall–Kier alpha value is -1.89. The van der Waals surface area contributed by atoms with Crippen molar-refractivity contribution in [2.45, 2.75) is 95.5 Å².